The van der Waals surface area contributed by atoms with Crippen LogP contribution in [0.15, 0.2) is 54.7 Å². The second kappa shape index (κ2) is 12.6. The zero-order valence-corrected chi connectivity index (χ0v) is 26.3. The lowest BCUT2D eigenvalue weighted by atomic mass is 10.2. The molecule has 12 heteroatoms. The van der Waals surface area contributed by atoms with Gasteiger partial charge in [-0.3, -0.25) is 0 Å². The minimum atomic E-state index is -0.290. The minimum Gasteiger partial charge on any atom is -0.371 e. The third-order valence-corrected chi connectivity index (χ3v) is 8.97. The van der Waals surface area contributed by atoms with Gasteiger partial charge in [-0.25, -0.2) is 19.4 Å². The summed E-state index contributed by atoms with van der Waals surface area (Å²) in [6, 6.07) is 15.4. The fourth-order valence-electron chi connectivity index (χ4n) is 6.37. The van der Waals surface area contributed by atoms with Crippen LogP contribution in [0.5, 0.6) is 0 Å². The summed E-state index contributed by atoms with van der Waals surface area (Å²) in [6.07, 6.45) is 4.56. The Hall–Kier alpha value is -4.26. The van der Waals surface area contributed by atoms with Crippen LogP contribution in [0.3, 0.4) is 0 Å². The highest BCUT2D eigenvalue weighted by atomic mass is 16.5. The van der Waals surface area contributed by atoms with Crippen molar-refractivity contribution in [3.8, 4) is 11.4 Å². The van der Waals surface area contributed by atoms with Gasteiger partial charge in [0, 0.05) is 68.4 Å². The van der Waals surface area contributed by atoms with E-state index in [1.807, 2.05) is 47.3 Å². The number of rotatable bonds is 8. The maximum Gasteiger partial charge on any atom is 0.323 e. The van der Waals surface area contributed by atoms with Crippen LogP contribution in [0.1, 0.15) is 12.8 Å². The average molecular weight is 611 g/mol. The highest BCUT2D eigenvalue weighted by Gasteiger charge is 2.35. The lowest BCUT2D eigenvalue weighted by Crippen LogP contribution is -2.44. The van der Waals surface area contributed by atoms with Crippen LogP contribution in [0, 0.1) is 0 Å². The molecule has 3 fully saturated rings. The summed E-state index contributed by atoms with van der Waals surface area (Å²) in [7, 11) is 6.27. The molecule has 236 valence electrons. The number of carbonyl (C=O) groups is 1. The van der Waals surface area contributed by atoms with Crippen molar-refractivity contribution < 1.29 is 9.53 Å². The molecule has 3 aliphatic rings. The van der Waals surface area contributed by atoms with E-state index in [1.165, 1.54) is 5.69 Å². The first-order valence-corrected chi connectivity index (χ1v) is 15.9. The number of morpholine rings is 1. The van der Waals surface area contributed by atoms with E-state index in [2.05, 4.69) is 63.5 Å². The number of carbonyl (C=O) groups excluding carboxylic acids is 1. The molecular formula is C33H42N10O2. The van der Waals surface area contributed by atoms with Crippen molar-refractivity contribution in [3.63, 3.8) is 0 Å². The van der Waals surface area contributed by atoms with Gasteiger partial charge in [-0.05, 0) is 82.5 Å². The van der Waals surface area contributed by atoms with E-state index in [1.54, 1.807) is 0 Å². The summed E-state index contributed by atoms with van der Waals surface area (Å²) in [6.45, 7) is 7.36. The van der Waals surface area contributed by atoms with Gasteiger partial charge in [0.25, 0.3) is 0 Å². The standard InChI is InChI=1S/C33H42N10O2/c1-39(2)14-19-43-32-29(20-34-43)31(42-21-27-12-13-28(22-42)45-27)37-30(38-32)23-4-6-24(7-5-23)35-33(44)36-25-8-10-26(11-9-25)41-17-15-40(3)16-18-41/h4-11,20,27-28H,12-19,21-22H2,1-3H3,(H2,35,36,44). The van der Waals surface area contributed by atoms with Crippen LogP contribution in [-0.2, 0) is 11.3 Å². The zero-order chi connectivity index (χ0) is 30.9. The summed E-state index contributed by atoms with van der Waals surface area (Å²) >= 11 is 0. The Bertz CT molecular complexity index is 1620. The highest BCUT2D eigenvalue weighted by Crippen LogP contribution is 2.34. The molecule has 2 aromatic carbocycles. The summed E-state index contributed by atoms with van der Waals surface area (Å²) in [5, 5.41) is 11.5. The number of ether oxygens (including phenoxy) is 1. The molecule has 0 radical (unpaired) electrons. The topological polar surface area (TPSA) is 107 Å². The molecule has 2 aromatic heterocycles. The normalized spacial score (nSPS) is 20.3. The van der Waals surface area contributed by atoms with Gasteiger partial charge in [-0.2, -0.15) is 5.10 Å². The van der Waals surface area contributed by atoms with Crippen molar-refractivity contribution in [1.29, 1.82) is 0 Å². The van der Waals surface area contributed by atoms with Gasteiger partial charge in [-0.1, -0.05) is 0 Å². The fourth-order valence-corrected chi connectivity index (χ4v) is 6.37. The Balaban J connectivity index is 1.06. The minimum absolute atomic E-state index is 0.243. The smallest absolute Gasteiger partial charge is 0.323 e. The first-order valence-electron chi connectivity index (χ1n) is 15.9. The van der Waals surface area contributed by atoms with E-state index in [4.69, 9.17) is 19.8 Å². The van der Waals surface area contributed by atoms with Crippen molar-refractivity contribution in [2.45, 2.75) is 31.6 Å². The second-order valence-corrected chi connectivity index (χ2v) is 12.6. The third kappa shape index (κ3) is 6.58. The van der Waals surface area contributed by atoms with Crippen LogP contribution in [-0.4, -0.2) is 115 Å². The number of amides is 2. The fraction of sp³-hybridized carbons (Fsp3) is 0.455. The largest absolute Gasteiger partial charge is 0.371 e. The van der Waals surface area contributed by atoms with Gasteiger partial charge in [0.2, 0.25) is 0 Å². The van der Waals surface area contributed by atoms with Crippen molar-refractivity contribution in [2.24, 2.45) is 0 Å². The molecule has 2 N–H and O–H groups in total. The Kier molecular flexibility index (Phi) is 8.26. The number of nitrogens with zero attached hydrogens (tertiary/aromatic N) is 8. The zero-order valence-electron chi connectivity index (χ0n) is 26.3. The lowest BCUT2D eigenvalue weighted by molar-refractivity contribution is 0.0303. The number of urea groups is 1. The molecule has 12 nitrogen and oxygen atoms in total. The van der Waals surface area contributed by atoms with E-state index >= 15 is 0 Å². The number of anilines is 4. The quantitative estimate of drug-likeness (QED) is 0.308. The molecule has 5 heterocycles. The molecule has 7 rings (SSSR count). The van der Waals surface area contributed by atoms with E-state index in [-0.39, 0.29) is 18.2 Å². The molecule has 0 aliphatic carbocycles. The van der Waals surface area contributed by atoms with Gasteiger partial charge in [0.05, 0.1) is 30.3 Å². The number of fused-ring (bicyclic) bond motifs is 3. The molecule has 3 aliphatic heterocycles. The van der Waals surface area contributed by atoms with E-state index in [9.17, 15) is 4.79 Å². The van der Waals surface area contributed by atoms with Crippen molar-refractivity contribution in [2.75, 3.05) is 87.4 Å². The van der Waals surface area contributed by atoms with Gasteiger partial charge < -0.3 is 35.0 Å². The van der Waals surface area contributed by atoms with Gasteiger partial charge >= 0.3 is 6.03 Å². The molecular weight excluding hydrogens is 568 g/mol. The van der Waals surface area contributed by atoms with Gasteiger partial charge in [-0.15, -0.1) is 0 Å². The van der Waals surface area contributed by atoms with Gasteiger partial charge in [0.15, 0.2) is 11.5 Å². The number of piperazine rings is 1. The third-order valence-electron chi connectivity index (χ3n) is 8.97. The Morgan fingerprint density at radius 3 is 2.18 bits per heavy atom. The SMILES string of the molecule is CN(C)CCn1ncc2c(N3CC4CCC(C3)O4)nc(-c3ccc(NC(=O)Nc4ccc(N5CCN(C)CC5)cc4)cc3)nc21. The second-order valence-electron chi connectivity index (χ2n) is 12.6. The molecule has 2 amide bonds. The predicted molar refractivity (Wildman–Crippen MR) is 178 cm³/mol. The van der Waals surface area contributed by atoms with Crippen molar-refractivity contribution >= 4 is 39.9 Å². The van der Waals surface area contributed by atoms with E-state index in [0.717, 1.165) is 93.3 Å². The number of benzene rings is 2. The Morgan fingerprint density at radius 2 is 1.53 bits per heavy atom. The lowest BCUT2D eigenvalue weighted by Gasteiger charge is -2.34. The number of hydrogen-bond acceptors (Lipinski definition) is 9. The highest BCUT2D eigenvalue weighted by molar-refractivity contribution is 6.00. The molecule has 0 spiro atoms. The molecule has 2 bridgehead atoms. The molecule has 3 saturated heterocycles. The Morgan fingerprint density at radius 1 is 0.889 bits per heavy atom. The maximum atomic E-state index is 12.8. The summed E-state index contributed by atoms with van der Waals surface area (Å²) < 4.78 is 8.08. The van der Waals surface area contributed by atoms with Gasteiger partial charge in [0.1, 0.15) is 5.82 Å². The number of likely N-dealkylation sites (N-methyl/N-ethyl adjacent to an activating group) is 2. The first kappa shape index (κ1) is 29.5. The summed E-state index contributed by atoms with van der Waals surface area (Å²) in [5.74, 6) is 1.55. The predicted octanol–water partition coefficient (Wildman–Crippen LogP) is 3.82. The average Bonchev–Trinajstić information content (AvgIpc) is 3.62. The summed E-state index contributed by atoms with van der Waals surface area (Å²) in [5.41, 5.74) is 4.32. The molecule has 45 heavy (non-hydrogen) atoms. The first-order chi connectivity index (χ1) is 21.9. The van der Waals surface area contributed by atoms with Crippen LogP contribution in [0.4, 0.5) is 27.7 Å². The number of aromatic nitrogens is 4. The molecule has 4 aromatic rings. The van der Waals surface area contributed by atoms with Crippen LogP contribution >= 0.6 is 0 Å². The number of nitrogens with one attached hydrogen (secondary N) is 2. The monoisotopic (exact) mass is 610 g/mol. The molecule has 2 unspecified atom stereocenters. The van der Waals surface area contributed by atoms with E-state index < -0.39 is 0 Å². The Labute approximate surface area is 264 Å². The van der Waals surface area contributed by atoms with Crippen molar-refractivity contribution in [3.05, 3.63) is 54.7 Å². The number of hydrogen-bond donors (Lipinski definition) is 2. The van der Waals surface area contributed by atoms with Crippen LogP contribution < -0.4 is 20.4 Å². The molecule has 2 atom stereocenters. The molecule has 0 saturated carbocycles. The van der Waals surface area contributed by atoms with Crippen LogP contribution in [0.2, 0.25) is 0 Å². The van der Waals surface area contributed by atoms with Crippen LogP contribution in [0.25, 0.3) is 22.4 Å². The summed E-state index contributed by atoms with van der Waals surface area (Å²) in [4.78, 5) is 32.1. The van der Waals surface area contributed by atoms with E-state index in [0.29, 0.717) is 11.5 Å². The van der Waals surface area contributed by atoms with Crippen molar-refractivity contribution in [1.82, 2.24) is 29.5 Å². The maximum absolute atomic E-state index is 12.8.